The molecule has 17 heavy (non-hydrogen) atoms. The van der Waals surface area contributed by atoms with Gasteiger partial charge in [0.2, 0.25) is 0 Å². The van der Waals surface area contributed by atoms with Gasteiger partial charge in [0.25, 0.3) is 0 Å². The van der Waals surface area contributed by atoms with Gasteiger partial charge >= 0.3 is 0 Å². The minimum absolute atomic E-state index is 0.216. The van der Waals surface area contributed by atoms with Crippen molar-refractivity contribution in [2.24, 2.45) is 4.99 Å². The predicted octanol–water partition coefficient (Wildman–Crippen LogP) is 3.49. The van der Waals surface area contributed by atoms with Crippen molar-refractivity contribution in [2.75, 3.05) is 6.54 Å². The van der Waals surface area contributed by atoms with Crippen molar-refractivity contribution in [3.63, 3.8) is 0 Å². The Morgan fingerprint density at radius 1 is 0.941 bits per heavy atom. The van der Waals surface area contributed by atoms with Gasteiger partial charge in [0.1, 0.15) is 5.82 Å². The summed E-state index contributed by atoms with van der Waals surface area (Å²) >= 11 is 0. The Hall–Kier alpha value is -1.96. The van der Waals surface area contributed by atoms with Gasteiger partial charge in [-0.2, -0.15) is 0 Å². The molecule has 0 aliphatic carbocycles. The molecule has 2 heteroatoms. The van der Waals surface area contributed by atoms with Crippen LogP contribution >= 0.6 is 0 Å². The maximum Gasteiger partial charge on any atom is 0.123 e. The number of aliphatic imine (C=N–C) groups is 1. The Balaban J connectivity index is 1.84. The van der Waals surface area contributed by atoms with Crippen molar-refractivity contribution < 1.29 is 4.39 Å². The van der Waals surface area contributed by atoms with Gasteiger partial charge in [0.05, 0.1) is 0 Å². The fourth-order valence-electron chi connectivity index (χ4n) is 1.56. The maximum absolute atomic E-state index is 12.7. The van der Waals surface area contributed by atoms with Gasteiger partial charge in [-0.15, -0.1) is 0 Å². The summed E-state index contributed by atoms with van der Waals surface area (Å²) in [5.41, 5.74) is 2.21. The largest absolute Gasteiger partial charge is 0.292 e. The fourth-order valence-corrected chi connectivity index (χ4v) is 1.56. The van der Waals surface area contributed by atoms with E-state index in [4.69, 9.17) is 0 Å². The molecule has 0 bridgehead atoms. The van der Waals surface area contributed by atoms with E-state index in [0.29, 0.717) is 0 Å². The molecular formula is C15H14FN. The molecule has 2 aromatic rings. The highest BCUT2D eigenvalue weighted by Gasteiger charge is 1.91. The first kappa shape index (κ1) is 11.5. The van der Waals surface area contributed by atoms with E-state index in [2.05, 4.69) is 17.1 Å². The molecule has 0 spiro atoms. The maximum atomic E-state index is 12.7. The zero-order valence-electron chi connectivity index (χ0n) is 9.51. The average Bonchev–Trinajstić information content (AvgIpc) is 2.38. The third-order valence-electron chi connectivity index (χ3n) is 2.48. The van der Waals surface area contributed by atoms with Crippen LogP contribution in [0.3, 0.4) is 0 Å². The first-order valence-corrected chi connectivity index (χ1v) is 5.64. The quantitative estimate of drug-likeness (QED) is 0.709. The first-order valence-electron chi connectivity index (χ1n) is 5.64. The van der Waals surface area contributed by atoms with E-state index >= 15 is 0 Å². The normalized spacial score (nSPS) is 10.9. The fraction of sp³-hybridized carbons (Fsp3) is 0.133. The van der Waals surface area contributed by atoms with E-state index in [0.717, 1.165) is 18.5 Å². The van der Waals surface area contributed by atoms with Crippen LogP contribution in [0.25, 0.3) is 0 Å². The Labute approximate surface area is 101 Å². The molecule has 0 heterocycles. The average molecular weight is 227 g/mol. The molecule has 0 N–H and O–H groups in total. The molecule has 0 aliphatic rings. The van der Waals surface area contributed by atoms with Gasteiger partial charge in [-0.3, -0.25) is 4.99 Å². The number of hydrogen-bond acceptors (Lipinski definition) is 1. The summed E-state index contributed by atoms with van der Waals surface area (Å²) in [5.74, 6) is -0.216. The van der Waals surface area contributed by atoms with Crippen LogP contribution in [0.4, 0.5) is 4.39 Å². The van der Waals surface area contributed by atoms with Gasteiger partial charge in [-0.05, 0) is 29.7 Å². The number of benzene rings is 2. The van der Waals surface area contributed by atoms with Gasteiger partial charge < -0.3 is 0 Å². The second kappa shape index (κ2) is 5.94. The number of nitrogens with zero attached hydrogens (tertiary/aromatic N) is 1. The molecule has 0 unspecified atom stereocenters. The number of hydrogen-bond donors (Lipinski definition) is 0. The van der Waals surface area contributed by atoms with Crippen molar-refractivity contribution in [2.45, 2.75) is 6.42 Å². The highest BCUT2D eigenvalue weighted by atomic mass is 19.1. The lowest BCUT2D eigenvalue weighted by Gasteiger charge is -1.97. The molecule has 86 valence electrons. The molecule has 0 saturated carbocycles. The second-order valence-electron chi connectivity index (χ2n) is 3.82. The van der Waals surface area contributed by atoms with Gasteiger partial charge in [-0.1, -0.05) is 42.5 Å². The molecule has 0 saturated heterocycles. The van der Waals surface area contributed by atoms with E-state index in [1.54, 1.807) is 18.3 Å². The monoisotopic (exact) mass is 227 g/mol. The molecular weight excluding hydrogens is 213 g/mol. The summed E-state index contributed by atoms with van der Waals surface area (Å²) in [6.07, 6.45) is 2.71. The molecule has 0 aliphatic heterocycles. The summed E-state index contributed by atoms with van der Waals surface area (Å²) in [7, 11) is 0. The van der Waals surface area contributed by atoms with E-state index in [9.17, 15) is 4.39 Å². The highest BCUT2D eigenvalue weighted by molar-refractivity contribution is 5.79. The number of rotatable bonds is 4. The SMILES string of the molecule is Fc1ccc(C=NCCc2ccccc2)cc1. The lowest BCUT2D eigenvalue weighted by atomic mass is 10.1. The predicted molar refractivity (Wildman–Crippen MR) is 69.0 cm³/mol. The van der Waals surface area contributed by atoms with Crippen LogP contribution in [0.15, 0.2) is 59.6 Å². The zero-order chi connectivity index (χ0) is 11.9. The van der Waals surface area contributed by atoms with Crippen molar-refractivity contribution in [1.29, 1.82) is 0 Å². The molecule has 0 radical (unpaired) electrons. The van der Waals surface area contributed by atoms with Gasteiger partial charge in [0.15, 0.2) is 0 Å². The van der Waals surface area contributed by atoms with Gasteiger partial charge in [0, 0.05) is 12.8 Å². The summed E-state index contributed by atoms with van der Waals surface area (Å²) in [6.45, 7) is 0.751. The minimum Gasteiger partial charge on any atom is -0.292 e. The molecule has 0 fully saturated rings. The minimum atomic E-state index is -0.216. The van der Waals surface area contributed by atoms with E-state index in [-0.39, 0.29) is 5.82 Å². The first-order chi connectivity index (χ1) is 8.34. The van der Waals surface area contributed by atoms with Crippen LogP contribution in [-0.2, 0) is 6.42 Å². The van der Waals surface area contributed by atoms with Crippen LogP contribution in [0, 0.1) is 5.82 Å². The van der Waals surface area contributed by atoms with Crippen molar-refractivity contribution in [3.05, 3.63) is 71.5 Å². The molecule has 2 aromatic carbocycles. The van der Waals surface area contributed by atoms with Crippen LogP contribution < -0.4 is 0 Å². The van der Waals surface area contributed by atoms with Crippen LogP contribution in [0.2, 0.25) is 0 Å². The van der Waals surface area contributed by atoms with Gasteiger partial charge in [-0.25, -0.2) is 4.39 Å². The summed E-state index contributed by atoms with van der Waals surface area (Å²) < 4.78 is 12.7. The lowest BCUT2D eigenvalue weighted by Crippen LogP contribution is -1.90. The highest BCUT2D eigenvalue weighted by Crippen LogP contribution is 2.01. The van der Waals surface area contributed by atoms with Crippen LogP contribution in [-0.4, -0.2) is 12.8 Å². The zero-order valence-corrected chi connectivity index (χ0v) is 9.51. The van der Waals surface area contributed by atoms with Crippen LogP contribution in [0.1, 0.15) is 11.1 Å². The van der Waals surface area contributed by atoms with Crippen molar-refractivity contribution >= 4 is 6.21 Å². The van der Waals surface area contributed by atoms with Crippen molar-refractivity contribution in [1.82, 2.24) is 0 Å². The van der Waals surface area contributed by atoms with E-state index in [1.165, 1.54) is 17.7 Å². The molecule has 0 aromatic heterocycles. The summed E-state index contributed by atoms with van der Waals surface area (Å²) in [4.78, 5) is 4.32. The Morgan fingerprint density at radius 3 is 2.35 bits per heavy atom. The standard InChI is InChI=1S/C15H14FN/c16-15-8-6-14(7-9-15)12-17-11-10-13-4-2-1-3-5-13/h1-9,12H,10-11H2. The molecule has 2 rings (SSSR count). The topological polar surface area (TPSA) is 12.4 Å². The Morgan fingerprint density at radius 2 is 1.65 bits per heavy atom. The molecule has 1 nitrogen and oxygen atoms in total. The Kier molecular flexibility index (Phi) is 4.03. The third kappa shape index (κ3) is 3.83. The Bertz CT molecular complexity index is 474. The summed E-state index contributed by atoms with van der Waals surface area (Å²) in [5, 5.41) is 0. The van der Waals surface area contributed by atoms with Crippen molar-refractivity contribution in [3.8, 4) is 0 Å². The third-order valence-corrected chi connectivity index (χ3v) is 2.48. The number of halogens is 1. The smallest absolute Gasteiger partial charge is 0.123 e. The van der Waals surface area contributed by atoms with Crippen LogP contribution in [0.5, 0.6) is 0 Å². The second-order valence-corrected chi connectivity index (χ2v) is 3.82. The molecule has 0 amide bonds. The van der Waals surface area contributed by atoms with E-state index in [1.807, 2.05) is 18.2 Å². The molecule has 0 atom stereocenters. The summed E-state index contributed by atoms with van der Waals surface area (Å²) in [6, 6.07) is 16.6. The lowest BCUT2D eigenvalue weighted by molar-refractivity contribution is 0.628. The van der Waals surface area contributed by atoms with E-state index < -0.39 is 0 Å².